The summed E-state index contributed by atoms with van der Waals surface area (Å²) in [6, 6.07) is 12.3. The number of phenolic OH excluding ortho intramolecular Hbond substituents is 1. The fourth-order valence-corrected chi connectivity index (χ4v) is 3.83. The number of methoxy groups -OCH3 is 1. The zero-order chi connectivity index (χ0) is 20.3. The zero-order valence-electron chi connectivity index (χ0n) is 15.8. The van der Waals surface area contributed by atoms with Gasteiger partial charge in [-0.3, -0.25) is 9.69 Å². The molecule has 1 saturated heterocycles. The molecule has 0 saturated carbocycles. The smallest absolute Gasteiger partial charge is 0.266 e. The Bertz CT molecular complexity index is 939. The molecule has 0 unspecified atom stereocenters. The van der Waals surface area contributed by atoms with Crippen LogP contribution < -0.4 is 4.74 Å². The summed E-state index contributed by atoms with van der Waals surface area (Å²) in [6.45, 7) is 4.65. The van der Waals surface area contributed by atoms with Gasteiger partial charge in [0, 0.05) is 17.1 Å². The first-order chi connectivity index (χ1) is 13.4. The quantitative estimate of drug-likeness (QED) is 0.670. The molecule has 5 nitrogen and oxygen atoms in total. The van der Waals surface area contributed by atoms with Crippen molar-refractivity contribution in [2.45, 2.75) is 13.8 Å². The molecule has 1 aliphatic rings. The highest BCUT2D eigenvalue weighted by molar-refractivity contribution is 8.18. The van der Waals surface area contributed by atoms with E-state index in [-0.39, 0.29) is 17.6 Å². The number of nitrogens with zero attached hydrogens (tertiary/aromatic N) is 2. The largest absolute Gasteiger partial charge is 0.504 e. The summed E-state index contributed by atoms with van der Waals surface area (Å²) >= 11 is 7.23. The lowest BCUT2D eigenvalue weighted by molar-refractivity contribution is -0.122. The second-order valence-corrected chi connectivity index (χ2v) is 8.13. The van der Waals surface area contributed by atoms with Gasteiger partial charge in [0.05, 0.1) is 17.7 Å². The molecule has 2 aromatic carbocycles. The second-order valence-electron chi connectivity index (χ2n) is 6.69. The van der Waals surface area contributed by atoms with Crippen molar-refractivity contribution in [2.24, 2.45) is 10.9 Å². The highest BCUT2D eigenvalue weighted by atomic mass is 35.5. The number of benzene rings is 2. The minimum absolute atomic E-state index is 0.00407. The summed E-state index contributed by atoms with van der Waals surface area (Å²) in [5, 5.41) is 11.6. The van der Waals surface area contributed by atoms with E-state index in [2.05, 4.69) is 4.99 Å². The number of halogens is 1. The van der Waals surface area contributed by atoms with Crippen LogP contribution in [0.2, 0.25) is 5.02 Å². The number of carbonyl (C=O) groups excluding carboxylic acids is 1. The average Bonchev–Trinajstić information content (AvgIpc) is 2.93. The van der Waals surface area contributed by atoms with E-state index >= 15 is 0 Å². The molecular formula is C21H21ClN2O3S. The van der Waals surface area contributed by atoms with Crippen molar-refractivity contribution in [3.63, 3.8) is 0 Å². The number of hydrogen-bond acceptors (Lipinski definition) is 5. The molecule has 7 heteroatoms. The fourth-order valence-electron chi connectivity index (χ4n) is 2.71. The number of para-hydroxylation sites is 1. The number of ether oxygens (including phenoxy) is 1. The predicted molar refractivity (Wildman–Crippen MR) is 115 cm³/mol. The minimum atomic E-state index is -0.131. The van der Waals surface area contributed by atoms with Gasteiger partial charge in [-0.25, -0.2) is 4.99 Å². The summed E-state index contributed by atoms with van der Waals surface area (Å²) in [7, 11) is 1.49. The SMILES string of the molecule is COc1cccc(/C=C2/SC(=Nc3ccc(Cl)cc3)N(CC(C)C)C2=O)c1O. The molecule has 1 aliphatic heterocycles. The Hall–Kier alpha value is -2.44. The standard InChI is InChI=1S/C21H21ClN2O3S/c1-13(2)12-24-20(26)18(11-14-5-4-6-17(27-3)19(14)25)28-21(24)23-16-9-7-15(22)8-10-16/h4-11,13,25H,12H2,1-3H3/b18-11+,23-21?. The van der Waals surface area contributed by atoms with Gasteiger partial charge in [-0.2, -0.15) is 0 Å². The number of amidine groups is 1. The molecule has 0 aliphatic carbocycles. The number of carbonyl (C=O) groups is 1. The van der Waals surface area contributed by atoms with E-state index in [0.717, 1.165) is 5.69 Å². The maximum absolute atomic E-state index is 13.0. The van der Waals surface area contributed by atoms with E-state index < -0.39 is 0 Å². The van der Waals surface area contributed by atoms with Gasteiger partial charge in [0.1, 0.15) is 0 Å². The summed E-state index contributed by atoms with van der Waals surface area (Å²) in [5.74, 6) is 0.515. The third-order valence-electron chi connectivity index (χ3n) is 4.02. The number of hydrogen-bond donors (Lipinski definition) is 1. The maximum Gasteiger partial charge on any atom is 0.266 e. The van der Waals surface area contributed by atoms with E-state index in [0.29, 0.717) is 33.0 Å². The Morgan fingerprint density at radius 2 is 1.96 bits per heavy atom. The van der Waals surface area contributed by atoms with Crippen molar-refractivity contribution < 1.29 is 14.6 Å². The predicted octanol–water partition coefficient (Wildman–Crippen LogP) is 5.31. The van der Waals surface area contributed by atoms with Crippen molar-refractivity contribution in [1.29, 1.82) is 0 Å². The van der Waals surface area contributed by atoms with Gasteiger partial charge in [0.2, 0.25) is 0 Å². The van der Waals surface area contributed by atoms with E-state index in [1.165, 1.54) is 18.9 Å². The first kappa shape index (κ1) is 20.3. The van der Waals surface area contributed by atoms with E-state index in [1.807, 2.05) is 26.0 Å². The van der Waals surface area contributed by atoms with Crippen LogP contribution in [0.15, 0.2) is 52.4 Å². The van der Waals surface area contributed by atoms with Crippen molar-refractivity contribution in [3.8, 4) is 11.5 Å². The maximum atomic E-state index is 13.0. The summed E-state index contributed by atoms with van der Waals surface area (Å²) < 4.78 is 5.14. The van der Waals surface area contributed by atoms with Gasteiger partial charge < -0.3 is 9.84 Å². The lowest BCUT2D eigenvalue weighted by Crippen LogP contribution is -2.32. The van der Waals surface area contributed by atoms with E-state index in [9.17, 15) is 9.90 Å². The molecule has 3 rings (SSSR count). The highest BCUT2D eigenvalue weighted by Crippen LogP contribution is 2.38. The van der Waals surface area contributed by atoms with Gasteiger partial charge in [-0.1, -0.05) is 37.6 Å². The third-order valence-corrected chi connectivity index (χ3v) is 5.28. The van der Waals surface area contributed by atoms with E-state index in [4.69, 9.17) is 16.3 Å². The van der Waals surface area contributed by atoms with Crippen LogP contribution in [-0.2, 0) is 4.79 Å². The molecule has 1 heterocycles. The summed E-state index contributed by atoms with van der Waals surface area (Å²) in [5.41, 5.74) is 1.24. The minimum Gasteiger partial charge on any atom is -0.504 e. The van der Waals surface area contributed by atoms with Crippen LogP contribution in [-0.4, -0.2) is 34.7 Å². The third kappa shape index (κ3) is 4.51. The van der Waals surface area contributed by atoms with Crippen LogP contribution in [0.3, 0.4) is 0 Å². The molecule has 146 valence electrons. The molecule has 0 spiro atoms. The Labute approximate surface area is 173 Å². The normalized spacial score (nSPS) is 17.2. The molecule has 1 N–H and O–H groups in total. The molecule has 0 aromatic heterocycles. The van der Waals surface area contributed by atoms with Crippen molar-refractivity contribution in [2.75, 3.05) is 13.7 Å². The van der Waals surface area contributed by atoms with Crippen LogP contribution in [0.4, 0.5) is 5.69 Å². The van der Waals surface area contributed by atoms with Crippen LogP contribution in [0.25, 0.3) is 6.08 Å². The van der Waals surface area contributed by atoms with Gasteiger partial charge >= 0.3 is 0 Å². The zero-order valence-corrected chi connectivity index (χ0v) is 17.4. The Morgan fingerprint density at radius 1 is 1.25 bits per heavy atom. The van der Waals surface area contributed by atoms with Crippen molar-refractivity contribution >= 4 is 46.2 Å². The molecule has 28 heavy (non-hydrogen) atoms. The lowest BCUT2D eigenvalue weighted by atomic mass is 10.1. The summed E-state index contributed by atoms with van der Waals surface area (Å²) in [4.78, 5) is 19.8. The number of rotatable bonds is 5. The Kier molecular flexibility index (Phi) is 6.31. The van der Waals surface area contributed by atoms with Gasteiger partial charge in [0.15, 0.2) is 16.7 Å². The molecule has 2 aromatic rings. The fraction of sp³-hybridized carbons (Fsp3) is 0.238. The van der Waals surface area contributed by atoms with Crippen molar-refractivity contribution in [1.82, 2.24) is 4.90 Å². The van der Waals surface area contributed by atoms with Gasteiger partial charge in [-0.15, -0.1) is 0 Å². The molecule has 0 bridgehead atoms. The number of aliphatic imine (C=N–C) groups is 1. The number of thioether (sulfide) groups is 1. The van der Waals surface area contributed by atoms with Gasteiger partial charge in [0.25, 0.3) is 5.91 Å². The molecular weight excluding hydrogens is 396 g/mol. The highest BCUT2D eigenvalue weighted by Gasteiger charge is 2.34. The molecule has 1 amide bonds. The average molecular weight is 417 g/mol. The summed E-state index contributed by atoms with van der Waals surface area (Å²) in [6.07, 6.45) is 1.67. The van der Waals surface area contributed by atoms with E-state index in [1.54, 1.807) is 41.3 Å². The first-order valence-corrected chi connectivity index (χ1v) is 10.00. The van der Waals surface area contributed by atoms with Crippen LogP contribution in [0, 0.1) is 5.92 Å². The topological polar surface area (TPSA) is 62.1 Å². The van der Waals surface area contributed by atoms with Crippen LogP contribution >= 0.6 is 23.4 Å². The monoisotopic (exact) mass is 416 g/mol. The van der Waals surface area contributed by atoms with Crippen LogP contribution in [0.1, 0.15) is 19.4 Å². The molecule has 1 fully saturated rings. The van der Waals surface area contributed by atoms with Crippen LogP contribution in [0.5, 0.6) is 11.5 Å². The lowest BCUT2D eigenvalue weighted by Gasteiger charge is -2.17. The van der Waals surface area contributed by atoms with Crippen molar-refractivity contribution in [3.05, 3.63) is 58.0 Å². The van der Waals surface area contributed by atoms with Gasteiger partial charge in [-0.05, 0) is 54.1 Å². The Morgan fingerprint density at radius 3 is 2.61 bits per heavy atom. The molecule has 0 atom stereocenters. The Balaban J connectivity index is 1.98. The molecule has 0 radical (unpaired) electrons. The number of aromatic hydroxyl groups is 1. The first-order valence-electron chi connectivity index (χ1n) is 8.80. The second kappa shape index (κ2) is 8.71. The number of amides is 1. The number of phenols is 1.